The van der Waals surface area contributed by atoms with E-state index in [2.05, 4.69) is 28.5 Å². The molecule has 1 aliphatic heterocycles. The third-order valence-electron chi connectivity index (χ3n) is 11.7. The number of fused-ring (bicyclic) bond motifs is 2. The van der Waals surface area contributed by atoms with Crippen molar-refractivity contribution in [3.63, 3.8) is 0 Å². The molecule has 0 spiro atoms. The predicted molar refractivity (Wildman–Crippen MR) is 238 cm³/mol. The summed E-state index contributed by atoms with van der Waals surface area (Å²) < 4.78 is 59.5. The van der Waals surface area contributed by atoms with E-state index in [1.54, 1.807) is 26.2 Å². The average molecular weight is 861 g/mol. The first-order chi connectivity index (χ1) is 30.0. The van der Waals surface area contributed by atoms with E-state index in [-0.39, 0.29) is 37.2 Å². The van der Waals surface area contributed by atoms with E-state index in [0.717, 1.165) is 62.8 Å². The Morgan fingerprint density at radius 1 is 0.855 bits per heavy atom. The molecular formula is C49H56N4O8S. The first kappa shape index (κ1) is 44.5. The number of nitrogens with zero attached hydrogens (tertiary/aromatic N) is 4. The third kappa shape index (κ3) is 10.7. The SMILES string of the molecule is CCOC(=O)CC(c1ccc(C)c([C@@H](C)N2Cc3cc(OCc4ccccc4)ccc3OS2(=O)=O)c1)c1ccc2c(nnn2CC(CCOC)CCOCc2ccccc2)c1C. The van der Waals surface area contributed by atoms with Gasteiger partial charge in [-0.2, -0.15) is 12.7 Å². The minimum Gasteiger partial charge on any atom is -0.489 e. The number of aryl methyl sites for hydroxylation is 2. The number of esters is 1. The number of carbonyl (C=O) groups excluding carboxylic acids is 1. The van der Waals surface area contributed by atoms with Crippen LogP contribution in [0.4, 0.5) is 0 Å². The van der Waals surface area contributed by atoms with E-state index in [1.165, 1.54) is 4.31 Å². The summed E-state index contributed by atoms with van der Waals surface area (Å²) in [6, 6.07) is 34.7. The Bertz CT molecular complexity index is 2550. The van der Waals surface area contributed by atoms with Gasteiger partial charge in [0.05, 0.1) is 31.2 Å². The lowest BCUT2D eigenvalue weighted by Gasteiger charge is -2.33. The molecule has 12 nitrogen and oxygen atoms in total. The Morgan fingerprint density at radius 2 is 1.58 bits per heavy atom. The Morgan fingerprint density at radius 3 is 2.31 bits per heavy atom. The lowest BCUT2D eigenvalue weighted by atomic mass is 9.83. The van der Waals surface area contributed by atoms with Gasteiger partial charge in [-0.05, 0) is 110 Å². The first-order valence-electron chi connectivity index (χ1n) is 21.2. The highest BCUT2D eigenvalue weighted by Gasteiger charge is 2.37. The maximum atomic E-state index is 13.7. The van der Waals surface area contributed by atoms with Crippen LogP contribution in [0.15, 0.2) is 109 Å². The second-order valence-corrected chi connectivity index (χ2v) is 17.4. The molecule has 62 heavy (non-hydrogen) atoms. The molecule has 0 fully saturated rings. The molecule has 0 saturated carbocycles. The van der Waals surface area contributed by atoms with Crippen LogP contribution in [-0.2, 0) is 55.6 Å². The number of hydrogen-bond donors (Lipinski definition) is 0. The van der Waals surface area contributed by atoms with E-state index in [9.17, 15) is 13.2 Å². The molecule has 2 unspecified atom stereocenters. The summed E-state index contributed by atoms with van der Waals surface area (Å²) in [6.45, 7) is 10.8. The summed E-state index contributed by atoms with van der Waals surface area (Å²) in [6.07, 6.45) is 1.77. The topological polar surface area (TPSA) is 131 Å². The highest BCUT2D eigenvalue weighted by atomic mass is 32.2. The molecule has 0 saturated heterocycles. The Balaban J connectivity index is 1.13. The molecule has 13 heteroatoms. The summed E-state index contributed by atoms with van der Waals surface area (Å²) in [4.78, 5) is 13.3. The van der Waals surface area contributed by atoms with Crippen molar-refractivity contribution in [2.75, 3.05) is 26.9 Å². The zero-order chi connectivity index (χ0) is 43.6. The van der Waals surface area contributed by atoms with Crippen molar-refractivity contribution < 1.29 is 36.3 Å². The van der Waals surface area contributed by atoms with Crippen LogP contribution < -0.4 is 8.92 Å². The van der Waals surface area contributed by atoms with E-state index in [0.29, 0.717) is 44.3 Å². The number of methoxy groups -OCH3 is 1. The standard InChI is InChI=1S/C49H56N4O8S/c1-6-59-48(54)29-45(43-20-21-46-49(35(43)3)50-51-52(46)30-37(23-25-57-5)24-26-58-32-38-13-9-7-10-14-38)40-18-17-34(2)44(28-40)36(4)53-31-41-27-42(19-22-47(41)61-62(53,55)56)60-33-39-15-11-8-12-16-39/h7-22,27-28,36-37,45H,6,23-26,29-33H2,1-5H3/t36-,37?,45?/m1/s1. The highest BCUT2D eigenvalue weighted by molar-refractivity contribution is 7.84. The molecule has 326 valence electrons. The van der Waals surface area contributed by atoms with E-state index in [1.807, 2.05) is 104 Å². The van der Waals surface area contributed by atoms with Gasteiger partial charge in [-0.3, -0.25) is 4.79 Å². The van der Waals surface area contributed by atoms with Gasteiger partial charge in [-0.25, -0.2) is 4.68 Å². The fourth-order valence-electron chi connectivity index (χ4n) is 8.17. The van der Waals surface area contributed by atoms with Crippen molar-refractivity contribution in [1.29, 1.82) is 0 Å². The number of aromatic nitrogens is 3. The van der Waals surface area contributed by atoms with Gasteiger partial charge in [0.15, 0.2) is 0 Å². The first-order valence-corrected chi connectivity index (χ1v) is 22.6. The average Bonchev–Trinajstić information content (AvgIpc) is 3.69. The van der Waals surface area contributed by atoms with Crippen molar-refractivity contribution in [3.05, 3.63) is 154 Å². The molecule has 2 heterocycles. The van der Waals surface area contributed by atoms with Crippen LogP contribution in [0, 0.1) is 19.8 Å². The quantitative estimate of drug-likeness (QED) is 0.0541. The number of rotatable bonds is 20. The maximum absolute atomic E-state index is 13.7. The zero-order valence-corrected chi connectivity index (χ0v) is 37.0. The molecule has 6 aromatic rings. The van der Waals surface area contributed by atoms with Crippen molar-refractivity contribution in [2.45, 2.75) is 85.2 Å². The molecule has 0 aliphatic carbocycles. The van der Waals surface area contributed by atoms with Crippen molar-refractivity contribution >= 4 is 27.3 Å². The molecule has 1 aromatic heterocycles. The second-order valence-electron chi connectivity index (χ2n) is 15.9. The number of carbonyl (C=O) groups is 1. The summed E-state index contributed by atoms with van der Waals surface area (Å²) >= 11 is 0. The minimum atomic E-state index is -4.16. The second kappa shape index (κ2) is 20.5. The zero-order valence-electron chi connectivity index (χ0n) is 36.2. The molecular weight excluding hydrogens is 805 g/mol. The van der Waals surface area contributed by atoms with E-state index < -0.39 is 22.3 Å². The van der Waals surface area contributed by atoms with Crippen LogP contribution in [0.1, 0.15) is 89.6 Å². The van der Waals surface area contributed by atoms with E-state index in [4.69, 9.17) is 23.1 Å². The monoisotopic (exact) mass is 860 g/mol. The minimum absolute atomic E-state index is 0.0809. The molecule has 3 atom stereocenters. The van der Waals surface area contributed by atoms with Crippen molar-refractivity contribution in [2.24, 2.45) is 5.92 Å². The van der Waals surface area contributed by atoms with Gasteiger partial charge in [0, 0.05) is 44.9 Å². The number of ether oxygens (including phenoxy) is 4. The van der Waals surface area contributed by atoms with Crippen LogP contribution in [0.5, 0.6) is 11.5 Å². The molecule has 0 amide bonds. The van der Waals surface area contributed by atoms with Gasteiger partial charge >= 0.3 is 16.3 Å². The molecule has 0 N–H and O–H groups in total. The molecule has 5 aromatic carbocycles. The van der Waals surface area contributed by atoms with Crippen LogP contribution in [0.3, 0.4) is 0 Å². The largest absolute Gasteiger partial charge is 0.489 e. The van der Waals surface area contributed by atoms with Gasteiger partial charge in [0.25, 0.3) is 0 Å². The van der Waals surface area contributed by atoms with Crippen molar-refractivity contribution in [3.8, 4) is 11.5 Å². The van der Waals surface area contributed by atoms with Gasteiger partial charge < -0.3 is 23.1 Å². The highest BCUT2D eigenvalue weighted by Crippen LogP contribution is 2.40. The van der Waals surface area contributed by atoms with Crippen LogP contribution in [0.25, 0.3) is 11.0 Å². The van der Waals surface area contributed by atoms with E-state index >= 15 is 0 Å². The maximum Gasteiger partial charge on any atom is 0.386 e. The summed E-state index contributed by atoms with van der Waals surface area (Å²) in [7, 11) is -2.44. The third-order valence-corrected chi connectivity index (χ3v) is 13.1. The lowest BCUT2D eigenvalue weighted by molar-refractivity contribution is -0.143. The molecule has 1 aliphatic rings. The van der Waals surface area contributed by atoms with Crippen LogP contribution in [0.2, 0.25) is 0 Å². The number of hydrogen-bond acceptors (Lipinski definition) is 10. The predicted octanol–water partition coefficient (Wildman–Crippen LogP) is 9.17. The Hall–Kier alpha value is -5.60. The lowest BCUT2D eigenvalue weighted by Crippen LogP contribution is -2.39. The summed E-state index contributed by atoms with van der Waals surface area (Å²) in [5.74, 6) is 0.399. The fraction of sp³-hybridized carbons (Fsp3) is 0.367. The van der Waals surface area contributed by atoms with Gasteiger partial charge in [-0.15, -0.1) is 5.10 Å². The molecule has 0 bridgehead atoms. The van der Waals surface area contributed by atoms with Crippen LogP contribution in [-0.4, -0.2) is 60.6 Å². The normalized spacial score (nSPS) is 15.0. The Kier molecular flexibility index (Phi) is 14.7. The van der Waals surface area contributed by atoms with Gasteiger partial charge in [0.1, 0.15) is 23.6 Å². The smallest absolute Gasteiger partial charge is 0.386 e. The summed E-state index contributed by atoms with van der Waals surface area (Å²) in [5, 5.41) is 9.28. The molecule has 7 rings (SSSR count). The molecule has 0 radical (unpaired) electrons. The summed E-state index contributed by atoms with van der Waals surface area (Å²) in [5.41, 5.74) is 8.89. The van der Waals surface area contributed by atoms with Crippen molar-refractivity contribution in [1.82, 2.24) is 19.3 Å². The van der Waals surface area contributed by atoms with Crippen LogP contribution >= 0.6 is 0 Å². The number of benzene rings is 5. The van der Waals surface area contributed by atoms with Gasteiger partial charge in [0.2, 0.25) is 0 Å². The van der Waals surface area contributed by atoms with Gasteiger partial charge in [-0.1, -0.05) is 90.1 Å². The Labute approximate surface area is 365 Å². The fourth-order valence-corrected chi connectivity index (χ4v) is 9.45.